The minimum absolute atomic E-state index is 0.0194. The second-order valence-electron chi connectivity index (χ2n) is 9.22. The minimum atomic E-state index is -0.666. The lowest BCUT2D eigenvalue weighted by Crippen LogP contribution is -2.56. The van der Waals surface area contributed by atoms with Gasteiger partial charge in [0.1, 0.15) is 11.8 Å². The number of piperidine rings is 1. The zero-order valence-electron chi connectivity index (χ0n) is 19.4. The van der Waals surface area contributed by atoms with E-state index in [-0.39, 0.29) is 35.3 Å². The van der Waals surface area contributed by atoms with Gasteiger partial charge in [-0.25, -0.2) is 4.79 Å². The number of hydrogen-bond donors (Lipinski definition) is 2. The van der Waals surface area contributed by atoms with Crippen LogP contribution >= 0.6 is 0 Å². The maximum Gasteiger partial charge on any atom is 0.318 e. The number of fused-ring (bicyclic) bond motifs is 4. The van der Waals surface area contributed by atoms with Crippen LogP contribution in [-0.4, -0.2) is 47.1 Å². The van der Waals surface area contributed by atoms with Crippen LogP contribution in [0.1, 0.15) is 38.8 Å². The number of anilines is 1. The van der Waals surface area contributed by atoms with E-state index in [0.29, 0.717) is 31.9 Å². The molecule has 176 valence electrons. The molecule has 33 heavy (non-hydrogen) atoms. The van der Waals surface area contributed by atoms with Crippen molar-refractivity contribution < 1.29 is 14.3 Å². The number of nitrogens with zero attached hydrogens (tertiary/aromatic N) is 2. The third-order valence-electron chi connectivity index (χ3n) is 6.43. The van der Waals surface area contributed by atoms with Crippen LogP contribution in [0.2, 0.25) is 0 Å². The molecule has 1 fully saturated rings. The molecule has 0 radical (unpaired) electrons. The van der Waals surface area contributed by atoms with Crippen molar-refractivity contribution in [3.8, 4) is 5.75 Å². The Hall–Kier alpha value is -3.29. The Morgan fingerprint density at radius 3 is 2.55 bits per heavy atom. The van der Waals surface area contributed by atoms with E-state index < -0.39 is 6.04 Å². The molecule has 2 bridgehead atoms. The summed E-state index contributed by atoms with van der Waals surface area (Å²) in [6, 6.07) is 11.6. The van der Waals surface area contributed by atoms with E-state index >= 15 is 0 Å². The van der Waals surface area contributed by atoms with E-state index in [4.69, 9.17) is 4.74 Å². The molecular weight excluding hydrogens is 420 g/mol. The molecule has 0 spiro atoms. The highest BCUT2D eigenvalue weighted by atomic mass is 16.5. The molecule has 0 aliphatic carbocycles. The van der Waals surface area contributed by atoms with Gasteiger partial charge >= 0.3 is 6.03 Å². The number of aromatic nitrogens is 1. The average molecular weight is 453 g/mol. The van der Waals surface area contributed by atoms with E-state index in [1.54, 1.807) is 41.3 Å². The molecule has 2 aromatic rings. The topological polar surface area (TPSA) is 92.7 Å². The van der Waals surface area contributed by atoms with Crippen molar-refractivity contribution in [3.05, 3.63) is 58.5 Å². The molecule has 1 aromatic carbocycles. The standard InChI is InChI=1S/C25H32N4O4/c1-4-33-20-10-8-19(9-11-20)26-24(31)23(16(2)3)27-25(32)28-13-17-12-18(15-28)21-6-5-7-22(30)29(21)14-17/h5-11,16-18,23H,4,12-15H2,1-3H3,(H,26,31)(H,27,32)/t17?,18?,23-/m0/s1. The summed E-state index contributed by atoms with van der Waals surface area (Å²) in [5.74, 6) is 0.769. The van der Waals surface area contributed by atoms with Crippen LogP contribution in [0.5, 0.6) is 5.75 Å². The molecule has 2 unspecified atom stereocenters. The number of hydrogen-bond acceptors (Lipinski definition) is 4. The molecule has 3 atom stereocenters. The summed E-state index contributed by atoms with van der Waals surface area (Å²) >= 11 is 0. The molecule has 4 rings (SSSR count). The number of rotatable bonds is 6. The first-order valence-corrected chi connectivity index (χ1v) is 11.6. The summed E-state index contributed by atoms with van der Waals surface area (Å²) < 4.78 is 7.28. The van der Waals surface area contributed by atoms with Gasteiger partial charge in [-0.2, -0.15) is 0 Å². The second-order valence-corrected chi connectivity index (χ2v) is 9.22. The van der Waals surface area contributed by atoms with Crippen molar-refractivity contribution in [2.24, 2.45) is 11.8 Å². The van der Waals surface area contributed by atoms with Crippen molar-refractivity contribution in [3.63, 3.8) is 0 Å². The Morgan fingerprint density at radius 2 is 1.85 bits per heavy atom. The van der Waals surface area contributed by atoms with Gasteiger partial charge in [0.05, 0.1) is 6.61 Å². The molecule has 3 heterocycles. The highest BCUT2D eigenvalue weighted by Crippen LogP contribution is 2.35. The highest BCUT2D eigenvalue weighted by Gasteiger charge is 2.37. The number of urea groups is 1. The number of nitrogens with one attached hydrogen (secondary N) is 2. The SMILES string of the molecule is CCOc1ccc(NC(=O)[C@@H](NC(=O)N2CC3CC(C2)c2cccc(=O)n2C3)C(C)C)cc1. The number of carbonyl (C=O) groups excluding carboxylic acids is 2. The van der Waals surface area contributed by atoms with Crippen LogP contribution in [0.4, 0.5) is 10.5 Å². The number of pyridine rings is 1. The fourth-order valence-electron chi connectivity index (χ4n) is 4.84. The Bertz CT molecular complexity index is 1060. The van der Waals surface area contributed by atoms with Gasteiger partial charge in [0.25, 0.3) is 5.56 Å². The van der Waals surface area contributed by atoms with Gasteiger partial charge in [-0.15, -0.1) is 0 Å². The minimum Gasteiger partial charge on any atom is -0.494 e. The smallest absolute Gasteiger partial charge is 0.318 e. The molecule has 2 aliphatic heterocycles. The number of benzene rings is 1. The van der Waals surface area contributed by atoms with Gasteiger partial charge in [0.2, 0.25) is 5.91 Å². The first-order chi connectivity index (χ1) is 15.9. The Kier molecular flexibility index (Phi) is 6.72. The lowest BCUT2D eigenvalue weighted by atomic mass is 9.83. The van der Waals surface area contributed by atoms with Crippen LogP contribution in [0.3, 0.4) is 0 Å². The zero-order chi connectivity index (χ0) is 23.5. The van der Waals surface area contributed by atoms with E-state index in [0.717, 1.165) is 17.9 Å². The third-order valence-corrected chi connectivity index (χ3v) is 6.43. The van der Waals surface area contributed by atoms with Gasteiger partial charge in [0.15, 0.2) is 0 Å². The highest BCUT2D eigenvalue weighted by molar-refractivity contribution is 5.97. The molecule has 0 saturated carbocycles. The molecule has 8 heteroatoms. The maximum absolute atomic E-state index is 13.1. The van der Waals surface area contributed by atoms with Crippen LogP contribution < -0.4 is 20.9 Å². The summed E-state index contributed by atoms with van der Waals surface area (Å²) in [7, 11) is 0. The largest absolute Gasteiger partial charge is 0.494 e. The van der Waals surface area contributed by atoms with Gasteiger partial charge in [-0.1, -0.05) is 19.9 Å². The van der Waals surface area contributed by atoms with Crippen molar-refractivity contribution in [1.82, 2.24) is 14.8 Å². The first kappa shape index (κ1) is 22.9. The number of carbonyl (C=O) groups is 2. The van der Waals surface area contributed by atoms with Gasteiger partial charge in [-0.05, 0) is 55.5 Å². The Labute approximate surface area is 193 Å². The van der Waals surface area contributed by atoms with E-state index in [2.05, 4.69) is 10.6 Å². The van der Waals surface area contributed by atoms with Crippen molar-refractivity contribution in [2.75, 3.05) is 25.0 Å². The second kappa shape index (κ2) is 9.68. The molecule has 3 amide bonds. The van der Waals surface area contributed by atoms with E-state index in [9.17, 15) is 14.4 Å². The van der Waals surface area contributed by atoms with Crippen LogP contribution in [0.25, 0.3) is 0 Å². The van der Waals surface area contributed by atoms with Crippen LogP contribution in [-0.2, 0) is 11.3 Å². The fourth-order valence-corrected chi connectivity index (χ4v) is 4.84. The lowest BCUT2D eigenvalue weighted by molar-refractivity contribution is -0.118. The fraction of sp³-hybridized carbons (Fsp3) is 0.480. The number of likely N-dealkylation sites (tertiary alicyclic amines) is 1. The van der Waals surface area contributed by atoms with Crippen molar-refractivity contribution in [2.45, 2.75) is 45.7 Å². The summed E-state index contributed by atoms with van der Waals surface area (Å²) in [5, 5.41) is 5.84. The Balaban J connectivity index is 1.41. The zero-order valence-corrected chi connectivity index (χ0v) is 19.4. The first-order valence-electron chi connectivity index (χ1n) is 11.6. The molecule has 1 aromatic heterocycles. The molecule has 2 N–H and O–H groups in total. The quantitative estimate of drug-likeness (QED) is 0.705. The molecule has 8 nitrogen and oxygen atoms in total. The van der Waals surface area contributed by atoms with E-state index in [1.165, 1.54) is 0 Å². The average Bonchev–Trinajstić information content (AvgIpc) is 2.79. The van der Waals surface area contributed by atoms with E-state index in [1.807, 2.05) is 31.4 Å². The lowest BCUT2D eigenvalue weighted by Gasteiger charge is -2.43. The predicted molar refractivity (Wildman–Crippen MR) is 127 cm³/mol. The van der Waals surface area contributed by atoms with Gasteiger partial charge in [0, 0.05) is 43.0 Å². The Morgan fingerprint density at radius 1 is 1.09 bits per heavy atom. The van der Waals surface area contributed by atoms with Crippen LogP contribution in [0, 0.1) is 11.8 Å². The molecular formula is C25H32N4O4. The summed E-state index contributed by atoms with van der Waals surface area (Å²) in [6.07, 6.45) is 0.971. The summed E-state index contributed by atoms with van der Waals surface area (Å²) in [5.41, 5.74) is 1.66. The maximum atomic E-state index is 13.1. The molecule has 1 saturated heterocycles. The van der Waals surface area contributed by atoms with Crippen molar-refractivity contribution in [1.29, 1.82) is 0 Å². The predicted octanol–water partition coefficient (Wildman–Crippen LogP) is 3.04. The van der Waals surface area contributed by atoms with Crippen molar-refractivity contribution >= 4 is 17.6 Å². The monoisotopic (exact) mass is 452 g/mol. The third kappa shape index (κ3) is 5.05. The molecule has 2 aliphatic rings. The summed E-state index contributed by atoms with van der Waals surface area (Å²) in [6.45, 7) is 8.06. The van der Waals surface area contributed by atoms with Crippen LogP contribution in [0.15, 0.2) is 47.3 Å². The van der Waals surface area contributed by atoms with Gasteiger partial charge in [-0.3, -0.25) is 9.59 Å². The van der Waals surface area contributed by atoms with Gasteiger partial charge < -0.3 is 24.8 Å². The number of ether oxygens (including phenoxy) is 1. The summed E-state index contributed by atoms with van der Waals surface area (Å²) in [4.78, 5) is 40.1. The number of amides is 3. The normalized spacial score (nSPS) is 20.1.